The molecular formula is C13H12N2OS. The molecule has 2 rings (SSSR count). The van der Waals surface area contributed by atoms with Crippen molar-refractivity contribution in [3.05, 3.63) is 34.0 Å². The van der Waals surface area contributed by atoms with E-state index in [0.29, 0.717) is 10.6 Å². The molecule has 0 unspecified atom stereocenters. The van der Waals surface area contributed by atoms with Crippen LogP contribution in [-0.4, -0.2) is 7.11 Å². The number of nitrogens with two attached hydrogens (primary N) is 1. The Morgan fingerprint density at radius 2 is 2.06 bits per heavy atom. The maximum Gasteiger partial charge on any atom is 0.128 e. The van der Waals surface area contributed by atoms with Crippen molar-refractivity contribution in [2.75, 3.05) is 12.8 Å². The van der Waals surface area contributed by atoms with Crippen molar-refractivity contribution in [3.63, 3.8) is 0 Å². The smallest absolute Gasteiger partial charge is 0.128 e. The fourth-order valence-electron chi connectivity index (χ4n) is 1.83. The molecule has 0 aliphatic carbocycles. The van der Waals surface area contributed by atoms with E-state index in [-0.39, 0.29) is 0 Å². The first kappa shape index (κ1) is 11.5. The quantitative estimate of drug-likeness (QED) is 0.882. The van der Waals surface area contributed by atoms with Crippen LogP contribution < -0.4 is 10.5 Å². The molecule has 0 saturated heterocycles. The minimum Gasteiger partial charge on any atom is -0.496 e. The Morgan fingerprint density at radius 1 is 1.35 bits per heavy atom. The normalized spacial score (nSPS) is 9.94. The van der Waals surface area contributed by atoms with Crippen LogP contribution in [-0.2, 0) is 0 Å². The molecule has 0 spiro atoms. The molecule has 2 N–H and O–H groups in total. The molecule has 0 radical (unpaired) electrons. The molecule has 86 valence electrons. The molecule has 17 heavy (non-hydrogen) atoms. The van der Waals surface area contributed by atoms with Crippen LogP contribution in [0.2, 0.25) is 0 Å². The van der Waals surface area contributed by atoms with E-state index >= 15 is 0 Å². The minimum absolute atomic E-state index is 0.541. The zero-order valence-electron chi connectivity index (χ0n) is 9.65. The maximum absolute atomic E-state index is 8.98. The van der Waals surface area contributed by atoms with E-state index in [9.17, 15) is 0 Å². The fraction of sp³-hybridized carbons (Fsp3) is 0.154. The number of nitrogen functional groups attached to an aromatic ring is 1. The molecule has 0 atom stereocenters. The summed E-state index contributed by atoms with van der Waals surface area (Å²) in [4.78, 5) is 1.59. The summed E-state index contributed by atoms with van der Waals surface area (Å²) in [6.45, 7) is 1.96. The molecule has 3 nitrogen and oxygen atoms in total. The van der Waals surface area contributed by atoms with Crippen LogP contribution in [0.3, 0.4) is 0 Å². The van der Waals surface area contributed by atoms with Crippen molar-refractivity contribution in [1.29, 1.82) is 5.26 Å². The minimum atomic E-state index is 0.541. The van der Waals surface area contributed by atoms with Gasteiger partial charge in [0.25, 0.3) is 0 Å². The highest BCUT2D eigenvalue weighted by molar-refractivity contribution is 7.13. The monoisotopic (exact) mass is 244 g/mol. The van der Waals surface area contributed by atoms with Gasteiger partial charge in [0.05, 0.1) is 12.8 Å². The van der Waals surface area contributed by atoms with Crippen molar-refractivity contribution in [3.8, 4) is 22.9 Å². The topological polar surface area (TPSA) is 59.0 Å². The van der Waals surface area contributed by atoms with Gasteiger partial charge < -0.3 is 10.5 Å². The van der Waals surface area contributed by atoms with Crippen molar-refractivity contribution in [2.24, 2.45) is 0 Å². The zero-order valence-corrected chi connectivity index (χ0v) is 10.5. The number of methoxy groups -OCH3 is 1. The number of anilines is 1. The van der Waals surface area contributed by atoms with Crippen LogP contribution in [0.4, 0.5) is 5.69 Å². The van der Waals surface area contributed by atoms with Gasteiger partial charge in [-0.25, -0.2) is 0 Å². The standard InChI is InChI=1S/C13H12N2OS/c1-8-12(13(15)11(7-14)17-8)9-5-3-4-6-10(9)16-2/h3-6H,15H2,1-2H3. The van der Waals surface area contributed by atoms with Gasteiger partial charge in [0.2, 0.25) is 0 Å². The fourth-order valence-corrected chi connectivity index (χ4v) is 2.72. The van der Waals surface area contributed by atoms with Gasteiger partial charge in [-0.2, -0.15) is 5.26 Å². The number of benzene rings is 1. The maximum atomic E-state index is 8.98. The molecule has 0 aliphatic heterocycles. The molecule has 0 fully saturated rings. The molecule has 2 aromatic rings. The van der Waals surface area contributed by atoms with Gasteiger partial charge in [-0.15, -0.1) is 11.3 Å². The third-order valence-corrected chi connectivity index (χ3v) is 3.62. The second-order valence-electron chi connectivity index (χ2n) is 3.59. The summed E-state index contributed by atoms with van der Waals surface area (Å²) in [6.07, 6.45) is 0. The molecule has 0 aliphatic rings. The van der Waals surface area contributed by atoms with Gasteiger partial charge in [0.1, 0.15) is 16.7 Å². The van der Waals surface area contributed by atoms with Crippen molar-refractivity contribution in [2.45, 2.75) is 6.92 Å². The lowest BCUT2D eigenvalue weighted by molar-refractivity contribution is 0.416. The van der Waals surface area contributed by atoms with Gasteiger partial charge in [-0.05, 0) is 13.0 Å². The number of nitriles is 1. The molecule has 0 saturated carbocycles. The molecule has 0 amide bonds. The summed E-state index contributed by atoms with van der Waals surface area (Å²) in [5.74, 6) is 0.768. The Balaban J connectivity index is 2.69. The van der Waals surface area contributed by atoms with Gasteiger partial charge in [0.15, 0.2) is 0 Å². The SMILES string of the molecule is COc1ccccc1-c1c(C)sc(C#N)c1N. The Hall–Kier alpha value is -1.99. The number of aryl methyl sites for hydroxylation is 1. The van der Waals surface area contributed by atoms with Gasteiger partial charge in [-0.3, -0.25) is 0 Å². The first-order valence-electron chi connectivity index (χ1n) is 5.11. The van der Waals surface area contributed by atoms with E-state index in [1.165, 1.54) is 11.3 Å². The van der Waals surface area contributed by atoms with E-state index in [0.717, 1.165) is 21.8 Å². The Labute approximate surface area is 104 Å². The predicted octanol–water partition coefficient (Wildman–Crippen LogP) is 3.19. The van der Waals surface area contributed by atoms with Crippen molar-refractivity contribution in [1.82, 2.24) is 0 Å². The average Bonchev–Trinajstić information content (AvgIpc) is 2.64. The Morgan fingerprint density at radius 3 is 2.65 bits per heavy atom. The van der Waals surface area contributed by atoms with Crippen LogP contribution in [0, 0.1) is 18.3 Å². The third-order valence-electron chi connectivity index (χ3n) is 2.60. The predicted molar refractivity (Wildman–Crippen MR) is 70.2 cm³/mol. The van der Waals surface area contributed by atoms with E-state index in [1.807, 2.05) is 31.2 Å². The van der Waals surface area contributed by atoms with Crippen LogP contribution >= 0.6 is 11.3 Å². The van der Waals surface area contributed by atoms with E-state index in [1.54, 1.807) is 7.11 Å². The average molecular weight is 244 g/mol. The third kappa shape index (κ3) is 1.85. The first-order valence-corrected chi connectivity index (χ1v) is 5.93. The summed E-state index contributed by atoms with van der Waals surface area (Å²) in [6, 6.07) is 9.79. The second kappa shape index (κ2) is 4.48. The highest BCUT2D eigenvalue weighted by atomic mass is 32.1. The van der Waals surface area contributed by atoms with E-state index < -0.39 is 0 Å². The Kier molecular flexibility index (Phi) is 3.03. The van der Waals surface area contributed by atoms with Gasteiger partial charge in [-0.1, -0.05) is 18.2 Å². The number of hydrogen-bond donors (Lipinski definition) is 1. The van der Waals surface area contributed by atoms with E-state index in [4.69, 9.17) is 15.7 Å². The lowest BCUT2D eigenvalue weighted by atomic mass is 10.0. The molecule has 1 aromatic carbocycles. The molecule has 1 heterocycles. The molecule has 0 bridgehead atoms. The number of para-hydroxylation sites is 1. The number of rotatable bonds is 2. The zero-order chi connectivity index (χ0) is 12.4. The van der Waals surface area contributed by atoms with Crippen LogP contribution in [0.25, 0.3) is 11.1 Å². The number of ether oxygens (including phenoxy) is 1. The van der Waals surface area contributed by atoms with Crippen LogP contribution in [0.5, 0.6) is 5.75 Å². The largest absolute Gasteiger partial charge is 0.496 e. The summed E-state index contributed by atoms with van der Waals surface area (Å²) < 4.78 is 5.32. The van der Waals surface area contributed by atoms with E-state index in [2.05, 4.69) is 6.07 Å². The number of thiophene rings is 1. The van der Waals surface area contributed by atoms with Crippen molar-refractivity contribution < 1.29 is 4.74 Å². The van der Waals surface area contributed by atoms with Crippen LogP contribution in [0.15, 0.2) is 24.3 Å². The highest BCUT2D eigenvalue weighted by Crippen LogP contribution is 2.41. The number of nitrogens with zero attached hydrogens (tertiary/aromatic N) is 1. The second-order valence-corrected chi connectivity index (χ2v) is 4.81. The Bertz CT molecular complexity index is 596. The summed E-state index contributed by atoms with van der Waals surface area (Å²) in [5, 5.41) is 8.98. The van der Waals surface area contributed by atoms with Crippen molar-refractivity contribution >= 4 is 17.0 Å². The van der Waals surface area contributed by atoms with Gasteiger partial charge in [0, 0.05) is 16.0 Å². The molecule has 4 heteroatoms. The molecular weight excluding hydrogens is 232 g/mol. The lowest BCUT2D eigenvalue weighted by Crippen LogP contribution is -1.92. The molecule has 1 aromatic heterocycles. The number of hydrogen-bond acceptors (Lipinski definition) is 4. The van der Waals surface area contributed by atoms with Gasteiger partial charge >= 0.3 is 0 Å². The summed E-state index contributed by atoms with van der Waals surface area (Å²) in [7, 11) is 1.63. The first-order chi connectivity index (χ1) is 8.19. The lowest BCUT2D eigenvalue weighted by Gasteiger charge is -2.08. The van der Waals surface area contributed by atoms with Crippen LogP contribution in [0.1, 0.15) is 9.75 Å². The summed E-state index contributed by atoms with van der Waals surface area (Å²) >= 11 is 1.41. The highest BCUT2D eigenvalue weighted by Gasteiger charge is 2.17. The summed E-state index contributed by atoms with van der Waals surface area (Å²) in [5.41, 5.74) is 8.38.